The Morgan fingerprint density at radius 1 is 1.03 bits per heavy atom. The number of anilines is 1. The van der Waals surface area contributed by atoms with E-state index in [1.54, 1.807) is 0 Å². The van der Waals surface area contributed by atoms with Gasteiger partial charge in [0.05, 0.1) is 0 Å². The second kappa shape index (κ2) is 9.61. The maximum atomic E-state index is 12.5. The molecule has 4 rings (SSSR count). The van der Waals surface area contributed by atoms with Crippen LogP contribution in [-0.4, -0.2) is 50.7 Å². The van der Waals surface area contributed by atoms with Crippen LogP contribution in [-0.2, 0) is 20.7 Å². The largest absolute Gasteiger partial charge is 0.369 e. The van der Waals surface area contributed by atoms with E-state index in [0.717, 1.165) is 58.0 Å². The monoisotopic (exact) mass is 399 g/mol. The van der Waals surface area contributed by atoms with Crippen molar-refractivity contribution in [1.29, 1.82) is 0 Å². The Labute approximate surface area is 173 Å². The summed E-state index contributed by atoms with van der Waals surface area (Å²) in [5, 5.41) is 6.19. The molecule has 2 amide bonds. The number of amides is 2. The standard InChI is InChI=1S/C23H33N3O3/c27-22(24-12-14-26-13-11-18-4-1-2-5-20(18)26)19-9-7-17(8-10-19)16-25-23(28)21-6-3-15-29-21/h1-2,4-5,17,19,21H,3,6-16H2,(H,24,27)(H,25,28). The molecule has 0 bridgehead atoms. The van der Waals surface area contributed by atoms with Crippen molar-refractivity contribution < 1.29 is 14.3 Å². The molecular weight excluding hydrogens is 366 g/mol. The maximum Gasteiger partial charge on any atom is 0.249 e. The molecule has 158 valence electrons. The molecule has 3 aliphatic rings. The number of ether oxygens (including phenoxy) is 1. The summed E-state index contributed by atoms with van der Waals surface area (Å²) >= 11 is 0. The van der Waals surface area contributed by atoms with Crippen molar-refractivity contribution in [2.24, 2.45) is 11.8 Å². The van der Waals surface area contributed by atoms with Gasteiger partial charge in [-0.2, -0.15) is 0 Å². The van der Waals surface area contributed by atoms with Crippen LogP contribution in [0.25, 0.3) is 0 Å². The van der Waals surface area contributed by atoms with Crippen molar-refractivity contribution in [3.05, 3.63) is 29.8 Å². The quantitative estimate of drug-likeness (QED) is 0.738. The summed E-state index contributed by atoms with van der Waals surface area (Å²) in [6.45, 7) is 4.01. The summed E-state index contributed by atoms with van der Waals surface area (Å²) in [5.74, 6) is 0.821. The molecule has 6 nitrogen and oxygen atoms in total. The number of hydrogen-bond donors (Lipinski definition) is 2. The first-order valence-electron chi connectivity index (χ1n) is 11.2. The topological polar surface area (TPSA) is 70.7 Å². The molecule has 2 heterocycles. The van der Waals surface area contributed by atoms with Crippen molar-refractivity contribution >= 4 is 17.5 Å². The molecule has 2 fully saturated rings. The summed E-state index contributed by atoms with van der Waals surface area (Å²) in [6, 6.07) is 8.53. The maximum absolute atomic E-state index is 12.5. The minimum atomic E-state index is -0.250. The van der Waals surface area contributed by atoms with Crippen molar-refractivity contribution in [3.8, 4) is 0 Å². The van der Waals surface area contributed by atoms with E-state index in [1.165, 1.54) is 11.3 Å². The molecule has 1 aromatic carbocycles. The van der Waals surface area contributed by atoms with Crippen LogP contribution in [0.1, 0.15) is 44.1 Å². The lowest BCUT2D eigenvalue weighted by Crippen LogP contribution is -2.40. The van der Waals surface area contributed by atoms with Crippen LogP contribution in [0.2, 0.25) is 0 Å². The van der Waals surface area contributed by atoms with Crippen molar-refractivity contribution in [2.75, 3.05) is 37.7 Å². The normalized spacial score (nSPS) is 26.2. The summed E-state index contributed by atoms with van der Waals surface area (Å²) in [4.78, 5) is 27.0. The number of benzene rings is 1. The molecule has 6 heteroatoms. The van der Waals surface area contributed by atoms with Gasteiger partial charge in [-0.1, -0.05) is 18.2 Å². The molecule has 1 saturated heterocycles. The number of fused-ring (bicyclic) bond motifs is 1. The van der Waals surface area contributed by atoms with Crippen molar-refractivity contribution in [1.82, 2.24) is 10.6 Å². The Morgan fingerprint density at radius 3 is 2.66 bits per heavy atom. The number of hydrogen-bond acceptors (Lipinski definition) is 4. The number of carbonyl (C=O) groups excluding carboxylic acids is 2. The van der Waals surface area contributed by atoms with Crippen molar-refractivity contribution in [2.45, 2.75) is 51.0 Å². The fraction of sp³-hybridized carbons (Fsp3) is 0.652. The lowest BCUT2D eigenvalue weighted by Gasteiger charge is -2.28. The average Bonchev–Trinajstić information content (AvgIpc) is 3.43. The highest BCUT2D eigenvalue weighted by atomic mass is 16.5. The molecular formula is C23H33N3O3. The number of nitrogens with one attached hydrogen (secondary N) is 2. The second-order valence-electron chi connectivity index (χ2n) is 8.62. The smallest absolute Gasteiger partial charge is 0.249 e. The van der Waals surface area contributed by atoms with Crippen LogP contribution >= 0.6 is 0 Å². The van der Waals surface area contributed by atoms with Gasteiger partial charge in [-0.3, -0.25) is 9.59 Å². The van der Waals surface area contributed by atoms with Crippen LogP contribution in [0.3, 0.4) is 0 Å². The highest BCUT2D eigenvalue weighted by molar-refractivity contribution is 5.81. The fourth-order valence-electron chi connectivity index (χ4n) is 4.87. The lowest BCUT2D eigenvalue weighted by atomic mass is 9.81. The molecule has 2 N–H and O–H groups in total. The first-order valence-corrected chi connectivity index (χ1v) is 11.2. The number of para-hydroxylation sites is 1. The summed E-state index contributed by atoms with van der Waals surface area (Å²) in [6.07, 6.45) is 6.49. The minimum absolute atomic E-state index is 0.0332. The van der Waals surface area contributed by atoms with Gasteiger partial charge in [0, 0.05) is 44.4 Å². The molecule has 1 aliphatic carbocycles. The van der Waals surface area contributed by atoms with E-state index in [4.69, 9.17) is 4.74 Å². The van der Waals surface area contributed by atoms with Crippen LogP contribution in [0.5, 0.6) is 0 Å². The Kier molecular flexibility index (Phi) is 6.70. The Hall–Kier alpha value is -2.08. The summed E-state index contributed by atoms with van der Waals surface area (Å²) in [7, 11) is 0. The first kappa shape index (κ1) is 20.2. The fourth-order valence-corrected chi connectivity index (χ4v) is 4.87. The average molecular weight is 400 g/mol. The third-order valence-electron chi connectivity index (χ3n) is 6.67. The Morgan fingerprint density at radius 2 is 1.86 bits per heavy atom. The Bertz CT molecular complexity index is 709. The summed E-state index contributed by atoms with van der Waals surface area (Å²) < 4.78 is 5.43. The molecule has 0 spiro atoms. The minimum Gasteiger partial charge on any atom is -0.369 e. The first-order chi connectivity index (χ1) is 14.2. The van der Waals surface area contributed by atoms with Crippen LogP contribution in [0, 0.1) is 11.8 Å². The Balaban J connectivity index is 1.12. The number of carbonyl (C=O) groups is 2. The van der Waals surface area contributed by atoms with E-state index >= 15 is 0 Å². The van der Waals surface area contributed by atoms with Gasteiger partial charge in [-0.05, 0) is 62.5 Å². The van der Waals surface area contributed by atoms with Gasteiger partial charge in [-0.25, -0.2) is 0 Å². The third-order valence-corrected chi connectivity index (χ3v) is 6.67. The van der Waals surface area contributed by atoms with Gasteiger partial charge in [0.25, 0.3) is 0 Å². The van der Waals surface area contributed by atoms with E-state index in [2.05, 4.69) is 39.8 Å². The highest BCUT2D eigenvalue weighted by Crippen LogP contribution is 2.29. The van der Waals surface area contributed by atoms with Crippen molar-refractivity contribution in [3.63, 3.8) is 0 Å². The number of rotatable bonds is 7. The second-order valence-corrected chi connectivity index (χ2v) is 8.62. The van der Waals surface area contributed by atoms with Gasteiger partial charge >= 0.3 is 0 Å². The highest BCUT2D eigenvalue weighted by Gasteiger charge is 2.28. The molecule has 1 aromatic rings. The summed E-state index contributed by atoms with van der Waals surface area (Å²) in [5.41, 5.74) is 2.72. The molecule has 0 radical (unpaired) electrons. The van der Waals surface area contributed by atoms with Crippen LogP contribution in [0.4, 0.5) is 5.69 Å². The zero-order valence-corrected chi connectivity index (χ0v) is 17.2. The predicted molar refractivity (Wildman–Crippen MR) is 113 cm³/mol. The molecule has 1 unspecified atom stereocenters. The van der Waals surface area contributed by atoms with E-state index in [1.807, 2.05) is 0 Å². The van der Waals surface area contributed by atoms with E-state index < -0.39 is 0 Å². The lowest BCUT2D eigenvalue weighted by molar-refractivity contribution is -0.130. The van der Waals surface area contributed by atoms with E-state index in [0.29, 0.717) is 25.6 Å². The molecule has 0 aromatic heterocycles. The van der Waals surface area contributed by atoms with Gasteiger partial charge < -0.3 is 20.3 Å². The van der Waals surface area contributed by atoms with Crippen LogP contribution < -0.4 is 15.5 Å². The van der Waals surface area contributed by atoms with Gasteiger partial charge in [0.15, 0.2) is 0 Å². The molecule has 29 heavy (non-hydrogen) atoms. The van der Waals surface area contributed by atoms with Gasteiger partial charge in [0.2, 0.25) is 11.8 Å². The zero-order valence-electron chi connectivity index (χ0n) is 17.2. The van der Waals surface area contributed by atoms with Gasteiger partial charge in [-0.15, -0.1) is 0 Å². The van der Waals surface area contributed by atoms with E-state index in [9.17, 15) is 9.59 Å². The molecule has 1 saturated carbocycles. The third kappa shape index (κ3) is 5.10. The zero-order chi connectivity index (χ0) is 20.1. The molecule has 1 atom stereocenters. The van der Waals surface area contributed by atoms with E-state index in [-0.39, 0.29) is 23.8 Å². The molecule has 2 aliphatic heterocycles. The number of nitrogens with zero attached hydrogens (tertiary/aromatic N) is 1. The SMILES string of the molecule is O=C(NCCN1CCc2ccccc21)C1CCC(CNC(=O)C2CCCO2)CC1. The predicted octanol–water partition coefficient (Wildman–Crippen LogP) is 2.27. The van der Waals surface area contributed by atoms with Crippen LogP contribution in [0.15, 0.2) is 24.3 Å². The van der Waals surface area contributed by atoms with Gasteiger partial charge in [0.1, 0.15) is 6.10 Å².